The van der Waals surface area contributed by atoms with E-state index in [1.165, 1.54) is 6.39 Å². The summed E-state index contributed by atoms with van der Waals surface area (Å²) >= 11 is 0. The molecule has 1 aromatic heterocycles. The minimum atomic E-state index is 0.624. The standard InChI is InChI=1S/C7H12N4O/c1-2-6(8)9-4-3-7-10-5-12-11-7/h5H,2-4H2,1H3,(H2,8,9). The number of hydrogen-bond donors (Lipinski definition) is 1. The zero-order chi connectivity index (χ0) is 8.81. The topological polar surface area (TPSA) is 77.3 Å². The highest BCUT2D eigenvalue weighted by molar-refractivity contribution is 5.79. The van der Waals surface area contributed by atoms with Gasteiger partial charge in [0.1, 0.15) is 0 Å². The first-order valence-corrected chi connectivity index (χ1v) is 3.87. The van der Waals surface area contributed by atoms with Crippen LogP contribution in [0.15, 0.2) is 15.9 Å². The second-order valence-electron chi connectivity index (χ2n) is 2.32. The largest absolute Gasteiger partial charge is 0.387 e. The third-order valence-electron chi connectivity index (χ3n) is 1.42. The molecule has 0 saturated heterocycles. The van der Waals surface area contributed by atoms with Crippen molar-refractivity contribution >= 4 is 5.84 Å². The summed E-state index contributed by atoms with van der Waals surface area (Å²) in [5.74, 6) is 1.33. The molecule has 5 nitrogen and oxygen atoms in total. The molecule has 0 atom stereocenters. The molecule has 0 aliphatic heterocycles. The van der Waals surface area contributed by atoms with E-state index < -0.39 is 0 Å². The predicted octanol–water partition coefficient (Wildman–Crippen LogP) is 0.379. The first-order valence-electron chi connectivity index (χ1n) is 3.87. The molecule has 1 heterocycles. The van der Waals surface area contributed by atoms with Gasteiger partial charge in [-0.05, 0) is 0 Å². The first kappa shape index (κ1) is 8.70. The summed E-state index contributed by atoms with van der Waals surface area (Å²) in [6.45, 7) is 2.59. The van der Waals surface area contributed by atoms with Crippen molar-refractivity contribution in [2.45, 2.75) is 19.8 Å². The maximum absolute atomic E-state index is 5.50. The minimum Gasteiger partial charge on any atom is -0.387 e. The monoisotopic (exact) mass is 168 g/mol. The summed E-state index contributed by atoms with van der Waals surface area (Å²) in [5.41, 5.74) is 5.50. The van der Waals surface area contributed by atoms with Crippen LogP contribution in [0.1, 0.15) is 19.2 Å². The molecule has 0 saturated carbocycles. The number of nitrogens with zero attached hydrogens (tertiary/aromatic N) is 3. The maximum atomic E-state index is 5.50. The molecule has 0 aromatic carbocycles. The fourth-order valence-corrected chi connectivity index (χ4v) is 0.714. The Labute approximate surface area is 70.7 Å². The van der Waals surface area contributed by atoms with Gasteiger partial charge in [-0.2, -0.15) is 4.98 Å². The van der Waals surface area contributed by atoms with Crippen LogP contribution in [0.2, 0.25) is 0 Å². The van der Waals surface area contributed by atoms with Crippen molar-refractivity contribution in [1.82, 2.24) is 10.1 Å². The molecular weight excluding hydrogens is 156 g/mol. The summed E-state index contributed by atoms with van der Waals surface area (Å²) in [6.07, 6.45) is 2.77. The van der Waals surface area contributed by atoms with Gasteiger partial charge in [-0.25, -0.2) is 0 Å². The number of aromatic nitrogens is 2. The molecule has 0 spiro atoms. The molecule has 0 fully saturated rings. The third kappa shape index (κ3) is 2.69. The van der Waals surface area contributed by atoms with Crippen LogP contribution in [0.3, 0.4) is 0 Å². The average molecular weight is 168 g/mol. The lowest BCUT2D eigenvalue weighted by Crippen LogP contribution is -2.10. The Kier molecular flexibility index (Phi) is 3.25. The fourth-order valence-electron chi connectivity index (χ4n) is 0.714. The van der Waals surface area contributed by atoms with E-state index in [0.717, 1.165) is 6.42 Å². The second-order valence-corrected chi connectivity index (χ2v) is 2.32. The van der Waals surface area contributed by atoms with Gasteiger partial charge in [0.05, 0.1) is 5.84 Å². The Morgan fingerprint density at radius 3 is 3.17 bits per heavy atom. The lowest BCUT2D eigenvalue weighted by atomic mass is 10.4. The molecule has 0 radical (unpaired) electrons. The van der Waals surface area contributed by atoms with Crippen LogP contribution < -0.4 is 5.73 Å². The molecule has 0 aliphatic carbocycles. The molecule has 0 bridgehead atoms. The van der Waals surface area contributed by atoms with Crippen LogP contribution in [0.4, 0.5) is 0 Å². The van der Waals surface area contributed by atoms with Gasteiger partial charge in [0.25, 0.3) is 0 Å². The Balaban J connectivity index is 2.28. The highest BCUT2D eigenvalue weighted by Crippen LogP contribution is 1.90. The lowest BCUT2D eigenvalue weighted by molar-refractivity contribution is 0.410. The Morgan fingerprint density at radius 1 is 1.75 bits per heavy atom. The normalized spacial score (nSPS) is 11.9. The van der Waals surface area contributed by atoms with E-state index >= 15 is 0 Å². The zero-order valence-corrected chi connectivity index (χ0v) is 7.03. The summed E-state index contributed by atoms with van der Waals surface area (Å²) in [6, 6.07) is 0. The van der Waals surface area contributed by atoms with Gasteiger partial charge in [-0.1, -0.05) is 12.1 Å². The molecule has 0 amide bonds. The molecule has 66 valence electrons. The summed E-state index contributed by atoms with van der Waals surface area (Å²) in [4.78, 5) is 7.94. The highest BCUT2D eigenvalue weighted by atomic mass is 16.5. The maximum Gasteiger partial charge on any atom is 0.213 e. The van der Waals surface area contributed by atoms with Crippen molar-refractivity contribution in [3.8, 4) is 0 Å². The van der Waals surface area contributed by atoms with Crippen LogP contribution in [0.25, 0.3) is 0 Å². The predicted molar refractivity (Wildman–Crippen MR) is 44.8 cm³/mol. The van der Waals surface area contributed by atoms with Crippen molar-refractivity contribution in [2.75, 3.05) is 6.54 Å². The molecule has 5 heteroatoms. The van der Waals surface area contributed by atoms with E-state index in [4.69, 9.17) is 5.73 Å². The van der Waals surface area contributed by atoms with Crippen LogP contribution in [-0.4, -0.2) is 22.5 Å². The van der Waals surface area contributed by atoms with E-state index in [-0.39, 0.29) is 0 Å². The van der Waals surface area contributed by atoms with Crippen molar-refractivity contribution in [2.24, 2.45) is 10.7 Å². The van der Waals surface area contributed by atoms with E-state index in [1.54, 1.807) is 0 Å². The molecule has 1 aromatic rings. The summed E-state index contributed by atoms with van der Waals surface area (Å²) in [5, 5.41) is 3.64. The van der Waals surface area contributed by atoms with E-state index in [9.17, 15) is 0 Å². The van der Waals surface area contributed by atoms with E-state index in [0.29, 0.717) is 24.6 Å². The van der Waals surface area contributed by atoms with Crippen molar-refractivity contribution in [3.05, 3.63) is 12.2 Å². The van der Waals surface area contributed by atoms with Crippen LogP contribution in [0.5, 0.6) is 0 Å². The van der Waals surface area contributed by atoms with Crippen molar-refractivity contribution < 1.29 is 4.52 Å². The van der Waals surface area contributed by atoms with Gasteiger partial charge in [0.2, 0.25) is 6.39 Å². The van der Waals surface area contributed by atoms with Gasteiger partial charge < -0.3 is 10.3 Å². The number of nitrogens with two attached hydrogens (primary N) is 1. The molecule has 1 rings (SSSR count). The van der Waals surface area contributed by atoms with Gasteiger partial charge >= 0.3 is 0 Å². The van der Waals surface area contributed by atoms with Crippen LogP contribution in [-0.2, 0) is 6.42 Å². The summed E-state index contributed by atoms with van der Waals surface area (Å²) in [7, 11) is 0. The average Bonchev–Trinajstić information content (AvgIpc) is 2.57. The van der Waals surface area contributed by atoms with Gasteiger partial charge in [0, 0.05) is 19.4 Å². The Morgan fingerprint density at radius 2 is 2.58 bits per heavy atom. The van der Waals surface area contributed by atoms with Gasteiger partial charge in [0.15, 0.2) is 5.82 Å². The summed E-state index contributed by atoms with van der Waals surface area (Å²) < 4.78 is 4.56. The van der Waals surface area contributed by atoms with Crippen LogP contribution >= 0.6 is 0 Å². The third-order valence-corrected chi connectivity index (χ3v) is 1.42. The first-order chi connectivity index (χ1) is 5.83. The zero-order valence-electron chi connectivity index (χ0n) is 7.03. The van der Waals surface area contributed by atoms with E-state index in [2.05, 4.69) is 19.7 Å². The quantitative estimate of drug-likeness (QED) is 0.520. The molecule has 2 N–H and O–H groups in total. The Hall–Kier alpha value is -1.39. The Bertz CT molecular complexity index is 242. The molecular formula is C7H12N4O. The lowest BCUT2D eigenvalue weighted by Gasteiger charge is -1.93. The van der Waals surface area contributed by atoms with E-state index in [1.807, 2.05) is 6.92 Å². The fraction of sp³-hybridized carbons (Fsp3) is 0.571. The molecule has 0 unspecified atom stereocenters. The number of rotatable bonds is 4. The minimum absolute atomic E-state index is 0.624. The smallest absolute Gasteiger partial charge is 0.213 e. The second kappa shape index (κ2) is 4.48. The SMILES string of the molecule is CCC(N)=NCCc1ncon1. The number of hydrogen-bond acceptors (Lipinski definition) is 4. The number of amidine groups is 1. The van der Waals surface area contributed by atoms with Crippen LogP contribution in [0, 0.1) is 0 Å². The van der Waals surface area contributed by atoms with Crippen molar-refractivity contribution in [1.29, 1.82) is 0 Å². The van der Waals surface area contributed by atoms with Crippen molar-refractivity contribution in [3.63, 3.8) is 0 Å². The molecule has 0 aliphatic rings. The highest BCUT2D eigenvalue weighted by Gasteiger charge is 1.96. The van der Waals surface area contributed by atoms with Gasteiger partial charge in [-0.3, -0.25) is 4.99 Å². The molecule has 12 heavy (non-hydrogen) atoms. The number of aliphatic imine (C=N–C) groups is 1. The van der Waals surface area contributed by atoms with Gasteiger partial charge in [-0.15, -0.1) is 0 Å².